The normalized spacial score (nSPS) is 19.8. The largest absolute Gasteiger partial charge is 0.324 e. The number of halogens is 1. The molecule has 0 saturated carbocycles. The summed E-state index contributed by atoms with van der Waals surface area (Å²) in [5.74, 6) is 0.0850. The molecule has 0 bridgehead atoms. The molecule has 1 fully saturated rings. The van der Waals surface area contributed by atoms with Crippen LogP contribution in [0.2, 0.25) is 0 Å². The lowest BCUT2D eigenvalue weighted by atomic mass is 10.1. The van der Waals surface area contributed by atoms with Gasteiger partial charge < -0.3 is 10.6 Å². The Balaban J connectivity index is 2.05. The zero-order chi connectivity index (χ0) is 11.5. The van der Waals surface area contributed by atoms with Crippen molar-refractivity contribution >= 4 is 34.2 Å². The van der Waals surface area contributed by atoms with Crippen molar-refractivity contribution in [2.24, 2.45) is 0 Å². The highest BCUT2D eigenvalue weighted by molar-refractivity contribution is 14.1. The number of amides is 1. The number of benzene rings is 1. The molecule has 1 aliphatic heterocycles. The number of carbonyl (C=O) groups is 1. The maximum atomic E-state index is 11.9. The van der Waals surface area contributed by atoms with Crippen molar-refractivity contribution in [3.05, 3.63) is 27.3 Å². The van der Waals surface area contributed by atoms with Gasteiger partial charge in [-0.25, -0.2) is 0 Å². The Kier molecular flexibility index (Phi) is 3.81. The predicted molar refractivity (Wildman–Crippen MR) is 73.6 cm³/mol. The second-order valence-corrected chi connectivity index (χ2v) is 5.34. The number of nitrogens with one attached hydrogen (secondary N) is 2. The van der Waals surface area contributed by atoms with Gasteiger partial charge in [0.05, 0.1) is 6.04 Å². The lowest BCUT2D eigenvalue weighted by Crippen LogP contribution is -2.35. The molecule has 0 radical (unpaired) electrons. The highest BCUT2D eigenvalue weighted by atomic mass is 127. The third kappa shape index (κ3) is 2.74. The van der Waals surface area contributed by atoms with E-state index in [1.807, 2.05) is 19.1 Å². The van der Waals surface area contributed by atoms with Gasteiger partial charge in [0.15, 0.2) is 0 Å². The van der Waals surface area contributed by atoms with Crippen LogP contribution in [0.25, 0.3) is 0 Å². The van der Waals surface area contributed by atoms with E-state index in [1.165, 1.54) is 3.57 Å². The molecular weight excluding hydrogens is 315 g/mol. The van der Waals surface area contributed by atoms with Crippen LogP contribution in [0, 0.1) is 10.5 Å². The van der Waals surface area contributed by atoms with Crippen LogP contribution in [0.5, 0.6) is 0 Å². The monoisotopic (exact) mass is 330 g/mol. The number of hydrogen-bond donors (Lipinski definition) is 2. The minimum Gasteiger partial charge on any atom is -0.324 e. The fourth-order valence-electron chi connectivity index (χ4n) is 1.90. The smallest absolute Gasteiger partial charge is 0.241 e. The topological polar surface area (TPSA) is 41.1 Å². The zero-order valence-corrected chi connectivity index (χ0v) is 11.4. The van der Waals surface area contributed by atoms with Crippen molar-refractivity contribution in [3.63, 3.8) is 0 Å². The van der Waals surface area contributed by atoms with Gasteiger partial charge >= 0.3 is 0 Å². The van der Waals surface area contributed by atoms with Gasteiger partial charge in [0.25, 0.3) is 0 Å². The molecule has 0 aliphatic carbocycles. The predicted octanol–water partition coefficient (Wildman–Crippen LogP) is 2.29. The summed E-state index contributed by atoms with van der Waals surface area (Å²) >= 11 is 2.27. The van der Waals surface area contributed by atoms with Crippen LogP contribution < -0.4 is 10.6 Å². The Labute approximate surface area is 109 Å². The fourth-order valence-corrected chi connectivity index (χ4v) is 2.54. The summed E-state index contributed by atoms with van der Waals surface area (Å²) in [6.45, 7) is 2.96. The van der Waals surface area contributed by atoms with Gasteiger partial charge in [0.1, 0.15) is 0 Å². The third-order valence-corrected chi connectivity index (χ3v) is 3.49. The first-order chi connectivity index (χ1) is 7.66. The Hall–Kier alpha value is -0.620. The number of aryl methyl sites for hydroxylation is 1. The molecule has 1 saturated heterocycles. The summed E-state index contributed by atoms with van der Waals surface area (Å²) in [5.41, 5.74) is 2.03. The van der Waals surface area contributed by atoms with E-state index in [0.717, 1.165) is 30.6 Å². The molecular formula is C12H15IN2O. The lowest BCUT2D eigenvalue weighted by molar-refractivity contribution is -0.117. The highest BCUT2D eigenvalue weighted by Gasteiger charge is 2.22. The van der Waals surface area contributed by atoms with Crippen molar-refractivity contribution < 1.29 is 4.79 Å². The molecule has 0 spiro atoms. The van der Waals surface area contributed by atoms with Crippen molar-refractivity contribution in [1.82, 2.24) is 5.32 Å². The Morgan fingerprint density at radius 2 is 2.38 bits per heavy atom. The summed E-state index contributed by atoms with van der Waals surface area (Å²) in [5, 5.41) is 6.17. The molecule has 1 aromatic rings. The van der Waals surface area contributed by atoms with Crippen LogP contribution in [0.4, 0.5) is 5.69 Å². The van der Waals surface area contributed by atoms with E-state index in [-0.39, 0.29) is 11.9 Å². The molecule has 1 aromatic carbocycles. The molecule has 2 rings (SSSR count). The van der Waals surface area contributed by atoms with E-state index in [4.69, 9.17) is 0 Å². The molecule has 1 amide bonds. The van der Waals surface area contributed by atoms with Crippen molar-refractivity contribution in [1.29, 1.82) is 0 Å². The zero-order valence-electron chi connectivity index (χ0n) is 9.22. The van der Waals surface area contributed by atoms with Crippen LogP contribution in [-0.2, 0) is 4.79 Å². The standard InChI is InChI=1S/C12H15IN2O/c1-8-7-9(13)4-5-10(8)15-12(16)11-3-2-6-14-11/h4-5,7,11,14H,2-3,6H2,1H3,(H,15,16)/t11-/m1/s1. The van der Waals surface area contributed by atoms with E-state index in [9.17, 15) is 4.79 Å². The quantitative estimate of drug-likeness (QED) is 0.817. The Morgan fingerprint density at radius 3 is 3.00 bits per heavy atom. The Morgan fingerprint density at radius 1 is 1.56 bits per heavy atom. The lowest BCUT2D eigenvalue weighted by Gasteiger charge is -2.13. The minimum atomic E-state index is -0.0151. The molecule has 3 nitrogen and oxygen atoms in total. The summed E-state index contributed by atoms with van der Waals surface area (Å²) < 4.78 is 1.19. The molecule has 1 atom stereocenters. The first-order valence-electron chi connectivity index (χ1n) is 5.47. The van der Waals surface area contributed by atoms with E-state index < -0.39 is 0 Å². The molecule has 1 heterocycles. The minimum absolute atomic E-state index is 0.0151. The van der Waals surface area contributed by atoms with Gasteiger partial charge in [-0.3, -0.25) is 4.79 Å². The van der Waals surface area contributed by atoms with E-state index in [1.54, 1.807) is 0 Å². The average Bonchev–Trinajstić information content (AvgIpc) is 2.75. The maximum Gasteiger partial charge on any atom is 0.241 e. The second-order valence-electron chi connectivity index (χ2n) is 4.10. The maximum absolute atomic E-state index is 11.9. The van der Waals surface area contributed by atoms with Gasteiger partial charge in [0, 0.05) is 9.26 Å². The van der Waals surface area contributed by atoms with E-state index in [2.05, 4.69) is 39.3 Å². The summed E-state index contributed by atoms with van der Waals surface area (Å²) in [6, 6.07) is 6.02. The SMILES string of the molecule is Cc1cc(I)ccc1NC(=O)[C@H]1CCCN1. The molecule has 16 heavy (non-hydrogen) atoms. The molecule has 1 aliphatic rings. The highest BCUT2D eigenvalue weighted by Crippen LogP contribution is 2.18. The first-order valence-corrected chi connectivity index (χ1v) is 6.55. The van der Waals surface area contributed by atoms with Crippen molar-refractivity contribution in [2.45, 2.75) is 25.8 Å². The third-order valence-electron chi connectivity index (χ3n) is 2.82. The van der Waals surface area contributed by atoms with Crippen LogP contribution >= 0.6 is 22.6 Å². The molecule has 4 heteroatoms. The van der Waals surface area contributed by atoms with E-state index >= 15 is 0 Å². The van der Waals surface area contributed by atoms with Crippen LogP contribution in [-0.4, -0.2) is 18.5 Å². The number of carbonyl (C=O) groups excluding carboxylic acids is 1. The summed E-state index contributed by atoms with van der Waals surface area (Å²) in [7, 11) is 0. The molecule has 0 unspecified atom stereocenters. The van der Waals surface area contributed by atoms with Gasteiger partial charge in [-0.1, -0.05) is 0 Å². The van der Waals surface area contributed by atoms with Crippen LogP contribution in [0.3, 0.4) is 0 Å². The Bertz CT molecular complexity index is 400. The van der Waals surface area contributed by atoms with Crippen LogP contribution in [0.1, 0.15) is 18.4 Å². The average molecular weight is 330 g/mol. The summed E-state index contributed by atoms with van der Waals surface area (Å²) in [4.78, 5) is 11.9. The molecule has 0 aromatic heterocycles. The molecule has 86 valence electrons. The van der Waals surface area contributed by atoms with Gasteiger partial charge in [-0.05, 0) is 72.7 Å². The van der Waals surface area contributed by atoms with Crippen LogP contribution in [0.15, 0.2) is 18.2 Å². The van der Waals surface area contributed by atoms with Gasteiger partial charge in [-0.2, -0.15) is 0 Å². The van der Waals surface area contributed by atoms with E-state index in [0.29, 0.717) is 0 Å². The van der Waals surface area contributed by atoms with Crippen molar-refractivity contribution in [2.75, 3.05) is 11.9 Å². The summed E-state index contributed by atoms with van der Waals surface area (Å²) in [6.07, 6.45) is 2.03. The molecule has 2 N–H and O–H groups in total. The van der Waals surface area contributed by atoms with Gasteiger partial charge in [-0.15, -0.1) is 0 Å². The first kappa shape index (κ1) is 11.9. The number of anilines is 1. The number of hydrogen-bond acceptors (Lipinski definition) is 2. The second kappa shape index (κ2) is 5.14. The van der Waals surface area contributed by atoms with Crippen molar-refractivity contribution in [3.8, 4) is 0 Å². The number of rotatable bonds is 2. The fraction of sp³-hybridized carbons (Fsp3) is 0.417. The van der Waals surface area contributed by atoms with Gasteiger partial charge in [0.2, 0.25) is 5.91 Å².